The number of fused-ring (bicyclic) bond motifs is 2. The average molecular weight is 603 g/mol. The Labute approximate surface area is 264 Å². The van der Waals surface area contributed by atoms with Gasteiger partial charge in [-0.1, -0.05) is 105 Å². The number of piperazine rings is 1. The van der Waals surface area contributed by atoms with Gasteiger partial charge in [-0.2, -0.15) is 0 Å². The maximum atomic E-state index is 14.6. The topological polar surface area (TPSA) is 47.1 Å². The summed E-state index contributed by atoms with van der Waals surface area (Å²) in [5.74, 6) is 0.607. The van der Waals surface area contributed by atoms with Gasteiger partial charge in [-0.15, -0.1) is 11.8 Å². The number of carbonyl (C=O) groups is 2. The summed E-state index contributed by atoms with van der Waals surface area (Å²) in [4.78, 5) is 35.6. The molecule has 0 aromatic heterocycles. The first kappa shape index (κ1) is 28.8. The van der Waals surface area contributed by atoms with Crippen LogP contribution in [0.15, 0.2) is 109 Å². The summed E-state index contributed by atoms with van der Waals surface area (Å²) >= 11 is 1.45. The minimum Gasteiger partial charge on any atom is -0.295 e. The molecule has 7 rings (SSSR count). The van der Waals surface area contributed by atoms with Crippen LogP contribution in [-0.4, -0.2) is 60.2 Å². The van der Waals surface area contributed by atoms with Crippen molar-refractivity contribution in [2.75, 3.05) is 48.4 Å². The number of nitrogens with zero attached hydrogens (tertiary/aromatic N) is 4. The predicted octanol–water partition coefficient (Wildman–Crippen LogP) is 6.45. The molecule has 2 amide bonds. The SMILES string of the molecule is CC(C)c1ccc(N2C(=O)CS[C@]23C(=O)N(CN2CCN(C(c4ccccc4)c4ccccc4)CC2)c2ccccc23)cc1. The van der Waals surface area contributed by atoms with E-state index >= 15 is 0 Å². The van der Waals surface area contributed by atoms with Crippen molar-refractivity contribution in [3.8, 4) is 0 Å². The van der Waals surface area contributed by atoms with Crippen LogP contribution in [0.4, 0.5) is 11.4 Å². The van der Waals surface area contributed by atoms with E-state index in [2.05, 4.69) is 96.4 Å². The van der Waals surface area contributed by atoms with Gasteiger partial charge >= 0.3 is 0 Å². The molecular weight excluding hydrogens is 565 g/mol. The van der Waals surface area contributed by atoms with Crippen LogP contribution in [0, 0.1) is 0 Å². The molecule has 224 valence electrons. The zero-order valence-corrected chi connectivity index (χ0v) is 26.1. The highest BCUT2D eigenvalue weighted by Gasteiger charge is 2.61. The zero-order chi connectivity index (χ0) is 30.3. The third kappa shape index (κ3) is 4.93. The molecular formula is C37H38N4O2S. The molecule has 2 fully saturated rings. The van der Waals surface area contributed by atoms with Gasteiger partial charge in [-0.25, -0.2) is 0 Å². The summed E-state index contributed by atoms with van der Waals surface area (Å²) in [5.41, 5.74) is 6.38. The lowest BCUT2D eigenvalue weighted by molar-refractivity contribution is -0.124. The maximum absolute atomic E-state index is 14.6. The average Bonchev–Trinajstić information content (AvgIpc) is 3.53. The molecule has 1 atom stereocenters. The quantitative estimate of drug-likeness (QED) is 0.243. The van der Waals surface area contributed by atoms with Gasteiger partial charge in [-0.3, -0.25) is 29.2 Å². The van der Waals surface area contributed by atoms with Gasteiger partial charge in [0.25, 0.3) is 5.91 Å². The van der Waals surface area contributed by atoms with Crippen molar-refractivity contribution in [2.24, 2.45) is 0 Å². The number of thioether (sulfide) groups is 1. The fourth-order valence-corrected chi connectivity index (χ4v) is 8.31. The second-order valence-corrected chi connectivity index (χ2v) is 13.3. The molecule has 7 heteroatoms. The molecule has 0 N–H and O–H groups in total. The minimum absolute atomic E-state index is 0.0289. The lowest BCUT2D eigenvalue weighted by atomic mass is 9.96. The van der Waals surface area contributed by atoms with Crippen LogP contribution in [0.25, 0.3) is 0 Å². The third-order valence-corrected chi connectivity index (χ3v) is 10.6. The second-order valence-electron chi connectivity index (χ2n) is 12.2. The molecule has 3 aliphatic heterocycles. The van der Waals surface area contributed by atoms with Crippen molar-refractivity contribution in [3.05, 3.63) is 131 Å². The van der Waals surface area contributed by atoms with Crippen molar-refractivity contribution in [1.29, 1.82) is 0 Å². The summed E-state index contributed by atoms with van der Waals surface area (Å²) in [5, 5.41) is 0. The van der Waals surface area contributed by atoms with Gasteiger partial charge in [0.1, 0.15) is 0 Å². The third-order valence-electron chi connectivity index (χ3n) is 9.23. The molecule has 0 unspecified atom stereocenters. The first-order valence-electron chi connectivity index (χ1n) is 15.5. The van der Waals surface area contributed by atoms with Crippen LogP contribution in [0.5, 0.6) is 0 Å². The molecule has 3 aliphatic rings. The highest BCUT2D eigenvalue weighted by molar-refractivity contribution is 8.02. The van der Waals surface area contributed by atoms with Gasteiger partial charge in [-0.05, 0) is 40.8 Å². The van der Waals surface area contributed by atoms with Crippen molar-refractivity contribution < 1.29 is 9.59 Å². The van der Waals surface area contributed by atoms with E-state index in [0.717, 1.165) is 43.1 Å². The van der Waals surface area contributed by atoms with E-state index in [-0.39, 0.29) is 23.6 Å². The van der Waals surface area contributed by atoms with Crippen LogP contribution < -0.4 is 9.80 Å². The largest absolute Gasteiger partial charge is 0.295 e. The van der Waals surface area contributed by atoms with Crippen LogP contribution in [-0.2, 0) is 14.5 Å². The molecule has 4 aromatic carbocycles. The standard InChI is InChI=1S/C37H38N4O2S/c1-27(2)28-17-19-31(20-18-28)41-34(42)25-44-37(41)32-15-9-10-16-33(32)40(36(37)43)26-38-21-23-39(24-22-38)35(29-11-5-3-6-12-29)30-13-7-4-8-14-30/h3-20,27,35H,21-26H2,1-2H3/t37-/m1/s1. The molecule has 3 heterocycles. The van der Waals surface area contributed by atoms with Crippen molar-refractivity contribution in [2.45, 2.75) is 30.7 Å². The van der Waals surface area contributed by atoms with Crippen LogP contribution in [0.2, 0.25) is 0 Å². The van der Waals surface area contributed by atoms with E-state index in [9.17, 15) is 9.59 Å². The molecule has 44 heavy (non-hydrogen) atoms. The van der Waals surface area contributed by atoms with Gasteiger partial charge in [0.05, 0.1) is 24.2 Å². The zero-order valence-electron chi connectivity index (χ0n) is 25.3. The Morgan fingerprint density at radius 2 is 1.30 bits per heavy atom. The van der Waals surface area contributed by atoms with E-state index in [4.69, 9.17) is 0 Å². The molecule has 0 aliphatic carbocycles. The summed E-state index contributed by atoms with van der Waals surface area (Å²) in [6, 6.07) is 37.8. The lowest BCUT2D eigenvalue weighted by Crippen LogP contribution is -2.54. The Kier molecular flexibility index (Phi) is 7.79. The van der Waals surface area contributed by atoms with E-state index < -0.39 is 4.87 Å². The first-order chi connectivity index (χ1) is 21.5. The molecule has 4 aromatic rings. The molecule has 0 bridgehead atoms. The number of benzene rings is 4. The molecule has 0 saturated carbocycles. The van der Waals surface area contributed by atoms with Crippen LogP contribution >= 0.6 is 11.8 Å². The lowest BCUT2D eigenvalue weighted by Gasteiger charge is -2.41. The Hall–Kier alpha value is -3.91. The number of carbonyl (C=O) groups excluding carboxylic acids is 2. The number of rotatable bonds is 7. The summed E-state index contributed by atoms with van der Waals surface area (Å²) < 4.78 is 0. The van der Waals surface area contributed by atoms with Gasteiger partial charge in [0.2, 0.25) is 10.8 Å². The summed E-state index contributed by atoms with van der Waals surface area (Å²) in [6.45, 7) is 8.30. The molecule has 0 radical (unpaired) electrons. The molecule has 6 nitrogen and oxygen atoms in total. The van der Waals surface area contributed by atoms with E-state index in [1.807, 2.05) is 41.3 Å². The van der Waals surface area contributed by atoms with Crippen molar-refractivity contribution in [3.63, 3.8) is 0 Å². The van der Waals surface area contributed by atoms with Gasteiger partial charge < -0.3 is 0 Å². The highest BCUT2D eigenvalue weighted by atomic mass is 32.2. The Bertz CT molecular complexity index is 1600. The monoisotopic (exact) mass is 602 g/mol. The number of amides is 2. The highest BCUT2D eigenvalue weighted by Crippen LogP contribution is 2.55. The number of hydrogen-bond donors (Lipinski definition) is 0. The van der Waals surface area contributed by atoms with Crippen molar-refractivity contribution in [1.82, 2.24) is 9.80 Å². The fourth-order valence-electron chi connectivity index (χ4n) is 6.95. The summed E-state index contributed by atoms with van der Waals surface area (Å²) in [6.07, 6.45) is 0. The smallest absolute Gasteiger partial charge is 0.269 e. The Morgan fingerprint density at radius 3 is 1.91 bits per heavy atom. The maximum Gasteiger partial charge on any atom is 0.269 e. The van der Waals surface area contributed by atoms with Crippen LogP contribution in [0.1, 0.15) is 48.1 Å². The Morgan fingerprint density at radius 1 is 0.705 bits per heavy atom. The fraction of sp³-hybridized carbons (Fsp3) is 0.297. The van der Waals surface area contributed by atoms with Crippen molar-refractivity contribution >= 4 is 35.0 Å². The number of anilines is 2. The van der Waals surface area contributed by atoms with E-state index in [1.54, 1.807) is 4.90 Å². The predicted molar refractivity (Wildman–Crippen MR) is 179 cm³/mol. The number of para-hydroxylation sites is 1. The Balaban J connectivity index is 1.13. The van der Waals surface area contributed by atoms with Crippen LogP contribution in [0.3, 0.4) is 0 Å². The molecule has 2 saturated heterocycles. The molecule has 1 spiro atoms. The number of hydrogen-bond acceptors (Lipinski definition) is 5. The summed E-state index contributed by atoms with van der Waals surface area (Å²) in [7, 11) is 0. The minimum atomic E-state index is -1.08. The second kappa shape index (κ2) is 11.9. The van der Waals surface area contributed by atoms with Gasteiger partial charge in [0, 0.05) is 37.4 Å². The van der Waals surface area contributed by atoms with Gasteiger partial charge in [0.15, 0.2) is 0 Å². The van der Waals surface area contributed by atoms with E-state index in [1.165, 1.54) is 28.5 Å². The first-order valence-corrected chi connectivity index (χ1v) is 16.5. The van der Waals surface area contributed by atoms with E-state index in [0.29, 0.717) is 12.6 Å². The normalized spacial score (nSPS) is 20.8.